The molecule has 0 spiro atoms. The van der Waals surface area contributed by atoms with Crippen LogP contribution in [-0.2, 0) is 16.4 Å². The molecular formula is C10H19N3O2S. The van der Waals surface area contributed by atoms with Crippen LogP contribution in [0.3, 0.4) is 0 Å². The van der Waals surface area contributed by atoms with E-state index in [9.17, 15) is 8.42 Å². The summed E-state index contributed by atoms with van der Waals surface area (Å²) in [5.74, 6) is 0.165. The topological polar surface area (TPSA) is 64.0 Å². The molecule has 0 radical (unpaired) electrons. The zero-order valence-corrected chi connectivity index (χ0v) is 10.8. The van der Waals surface area contributed by atoms with Gasteiger partial charge in [0, 0.05) is 31.6 Å². The zero-order valence-electron chi connectivity index (χ0n) is 9.97. The van der Waals surface area contributed by atoms with Crippen LogP contribution in [0.5, 0.6) is 0 Å². The summed E-state index contributed by atoms with van der Waals surface area (Å²) in [4.78, 5) is 0. The molecule has 0 aliphatic heterocycles. The highest BCUT2D eigenvalue weighted by atomic mass is 32.2. The fourth-order valence-electron chi connectivity index (χ4n) is 1.23. The van der Waals surface area contributed by atoms with Gasteiger partial charge in [-0.3, -0.25) is 4.68 Å². The highest BCUT2D eigenvalue weighted by Gasteiger charge is 2.03. The molecule has 1 N–H and O–H groups in total. The van der Waals surface area contributed by atoms with Gasteiger partial charge in [0.2, 0.25) is 0 Å². The van der Waals surface area contributed by atoms with Crippen molar-refractivity contribution in [1.82, 2.24) is 15.1 Å². The first kappa shape index (κ1) is 13.2. The van der Waals surface area contributed by atoms with E-state index in [0.717, 1.165) is 5.69 Å². The molecule has 0 aliphatic rings. The van der Waals surface area contributed by atoms with Crippen LogP contribution in [0.2, 0.25) is 0 Å². The monoisotopic (exact) mass is 245 g/mol. The van der Waals surface area contributed by atoms with E-state index in [1.165, 1.54) is 6.26 Å². The molecule has 16 heavy (non-hydrogen) atoms. The van der Waals surface area contributed by atoms with Gasteiger partial charge in [0.15, 0.2) is 0 Å². The van der Waals surface area contributed by atoms with Gasteiger partial charge in [-0.05, 0) is 19.9 Å². The van der Waals surface area contributed by atoms with Crippen molar-refractivity contribution in [2.45, 2.75) is 26.4 Å². The highest BCUT2D eigenvalue weighted by molar-refractivity contribution is 7.90. The van der Waals surface area contributed by atoms with Gasteiger partial charge in [-0.1, -0.05) is 0 Å². The fourth-order valence-corrected chi connectivity index (χ4v) is 1.75. The predicted octanol–water partition coefficient (Wildman–Crippen LogP) is 0.598. The van der Waals surface area contributed by atoms with Crippen molar-refractivity contribution in [1.29, 1.82) is 0 Å². The Morgan fingerprint density at radius 3 is 2.69 bits per heavy atom. The number of hydrogen-bond donors (Lipinski definition) is 1. The summed E-state index contributed by atoms with van der Waals surface area (Å²) in [7, 11) is -2.87. The highest BCUT2D eigenvalue weighted by Crippen LogP contribution is 2.03. The number of nitrogens with one attached hydrogen (secondary N) is 1. The minimum Gasteiger partial charge on any atom is -0.310 e. The molecular weight excluding hydrogens is 226 g/mol. The normalized spacial score (nSPS) is 12.2. The van der Waals surface area contributed by atoms with Crippen LogP contribution in [0, 0.1) is 0 Å². The minimum atomic E-state index is -2.87. The van der Waals surface area contributed by atoms with Gasteiger partial charge in [-0.15, -0.1) is 0 Å². The molecule has 92 valence electrons. The van der Waals surface area contributed by atoms with Crippen LogP contribution >= 0.6 is 0 Å². The number of sulfone groups is 1. The molecule has 0 unspecified atom stereocenters. The van der Waals surface area contributed by atoms with E-state index in [-0.39, 0.29) is 5.75 Å². The Labute approximate surface area is 96.8 Å². The molecule has 6 heteroatoms. The Balaban J connectivity index is 2.32. The zero-order chi connectivity index (χ0) is 12.2. The van der Waals surface area contributed by atoms with Crippen molar-refractivity contribution in [3.8, 4) is 0 Å². The van der Waals surface area contributed by atoms with E-state index in [1.54, 1.807) is 0 Å². The molecule has 1 aromatic rings. The summed E-state index contributed by atoms with van der Waals surface area (Å²) in [5.41, 5.74) is 0.933. The van der Waals surface area contributed by atoms with Crippen LogP contribution in [-0.4, -0.2) is 36.8 Å². The first-order valence-corrected chi connectivity index (χ1v) is 7.37. The van der Waals surface area contributed by atoms with Crippen molar-refractivity contribution in [3.63, 3.8) is 0 Å². The van der Waals surface area contributed by atoms with Gasteiger partial charge in [-0.2, -0.15) is 5.10 Å². The molecule has 0 bridgehead atoms. The lowest BCUT2D eigenvalue weighted by atomic mass is 10.4. The molecule has 1 heterocycles. The quantitative estimate of drug-likeness (QED) is 0.745. The third-order valence-electron chi connectivity index (χ3n) is 2.15. The second kappa shape index (κ2) is 5.45. The standard InChI is InChI=1S/C10H19N3O2S/c1-9(2)13-6-4-10(12-13)8-11-5-7-16(3,14)15/h4,6,9,11H,5,7-8H2,1-3H3. The lowest BCUT2D eigenvalue weighted by molar-refractivity contribution is 0.522. The van der Waals surface area contributed by atoms with Gasteiger partial charge in [0.1, 0.15) is 9.84 Å². The van der Waals surface area contributed by atoms with E-state index >= 15 is 0 Å². The fraction of sp³-hybridized carbons (Fsp3) is 0.700. The number of aromatic nitrogens is 2. The van der Waals surface area contributed by atoms with Crippen LogP contribution < -0.4 is 5.32 Å². The molecule has 0 amide bonds. The largest absolute Gasteiger partial charge is 0.310 e. The van der Waals surface area contributed by atoms with Crippen LogP contribution in [0.25, 0.3) is 0 Å². The van der Waals surface area contributed by atoms with Crippen molar-refractivity contribution in [2.24, 2.45) is 0 Å². The predicted molar refractivity (Wildman–Crippen MR) is 64.0 cm³/mol. The van der Waals surface area contributed by atoms with E-state index < -0.39 is 9.84 Å². The average Bonchev–Trinajstić information content (AvgIpc) is 2.59. The second-order valence-electron chi connectivity index (χ2n) is 4.19. The Hall–Kier alpha value is -0.880. The maximum absolute atomic E-state index is 10.9. The number of hydrogen-bond acceptors (Lipinski definition) is 4. The molecule has 0 saturated heterocycles. The van der Waals surface area contributed by atoms with Crippen molar-refractivity contribution in [3.05, 3.63) is 18.0 Å². The van der Waals surface area contributed by atoms with Crippen LogP contribution in [0.15, 0.2) is 12.3 Å². The lowest BCUT2D eigenvalue weighted by Crippen LogP contribution is -2.22. The van der Waals surface area contributed by atoms with E-state index in [4.69, 9.17) is 0 Å². The number of rotatable bonds is 6. The van der Waals surface area contributed by atoms with E-state index in [1.807, 2.05) is 16.9 Å². The Bertz CT molecular complexity index is 423. The smallest absolute Gasteiger partial charge is 0.148 e. The molecule has 0 fully saturated rings. The molecule has 0 saturated carbocycles. The third kappa shape index (κ3) is 4.76. The Kier molecular flexibility index (Phi) is 4.49. The van der Waals surface area contributed by atoms with Gasteiger partial charge >= 0.3 is 0 Å². The van der Waals surface area contributed by atoms with Crippen LogP contribution in [0.1, 0.15) is 25.6 Å². The summed E-state index contributed by atoms with van der Waals surface area (Å²) < 4.78 is 23.6. The van der Waals surface area contributed by atoms with Gasteiger partial charge in [0.05, 0.1) is 11.4 Å². The first-order chi connectivity index (χ1) is 7.38. The van der Waals surface area contributed by atoms with E-state index in [0.29, 0.717) is 19.1 Å². The average molecular weight is 245 g/mol. The molecule has 1 rings (SSSR count). The molecule has 5 nitrogen and oxygen atoms in total. The third-order valence-corrected chi connectivity index (χ3v) is 3.09. The molecule has 0 aromatic carbocycles. The van der Waals surface area contributed by atoms with Crippen molar-refractivity contribution in [2.75, 3.05) is 18.6 Å². The van der Waals surface area contributed by atoms with Gasteiger partial charge in [0.25, 0.3) is 0 Å². The van der Waals surface area contributed by atoms with Gasteiger partial charge in [-0.25, -0.2) is 8.42 Å². The SMILES string of the molecule is CC(C)n1ccc(CNCCS(C)(=O)=O)n1. The summed E-state index contributed by atoms with van der Waals surface area (Å²) in [6.07, 6.45) is 3.17. The summed E-state index contributed by atoms with van der Waals surface area (Å²) in [6.45, 7) is 5.20. The second-order valence-corrected chi connectivity index (χ2v) is 6.45. The molecule has 1 aromatic heterocycles. The van der Waals surface area contributed by atoms with Gasteiger partial charge < -0.3 is 5.32 Å². The Morgan fingerprint density at radius 2 is 2.19 bits per heavy atom. The summed E-state index contributed by atoms with van der Waals surface area (Å²) >= 11 is 0. The molecule has 0 aliphatic carbocycles. The van der Waals surface area contributed by atoms with Crippen LogP contribution in [0.4, 0.5) is 0 Å². The summed E-state index contributed by atoms with van der Waals surface area (Å²) in [6, 6.07) is 2.29. The maximum atomic E-state index is 10.9. The molecule has 0 atom stereocenters. The maximum Gasteiger partial charge on any atom is 0.148 e. The lowest BCUT2D eigenvalue weighted by Gasteiger charge is -2.04. The van der Waals surface area contributed by atoms with Crippen molar-refractivity contribution < 1.29 is 8.42 Å². The van der Waals surface area contributed by atoms with E-state index in [2.05, 4.69) is 24.3 Å². The Morgan fingerprint density at radius 1 is 1.50 bits per heavy atom. The minimum absolute atomic E-state index is 0.165. The summed E-state index contributed by atoms with van der Waals surface area (Å²) in [5, 5.41) is 7.40. The van der Waals surface area contributed by atoms with Crippen molar-refractivity contribution >= 4 is 9.84 Å². The first-order valence-electron chi connectivity index (χ1n) is 5.31. The number of nitrogens with zero attached hydrogens (tertiary/aromatic N) is 2.